The number of nitrogens with one attached hydrogen (secondary N) is 1. The molecule has 0 radical (unpaired) electrons. The van der Waals surface area contributed by atoms with E-state index in [4.69, 9.17) is 10.5 Å². The Morgan fingerprint density at radius 1 is 1.06 bits per heavy atom. The van der Waals surface area contributed by atoms with Gasteiger partial charge in [0.05, 0.1) is 6.20 Å². The quantitative estimate of drug-likeness (QED) is 0.419. The summed E-state index contributed by atoms with van der Waals surface area (Å²) in [6, 6.07) is 19.9. The molecule has 3 aromatic heterocycles. The maximum atomic E-state index is 9.55. The van der Waals surface area contributed by atoms with E-state index in [2.05, 4.69) is 27.1 Å². The van der Waals surface area contributed by atoms with E-state index >= 15 is 0 Å². The van der Waals surface area contributed by atoms with Gasteiger partial charge >= 0.3 is 0 Å². The Morgan fingerprint density at radius 3 is 2.88 bits per heavy atom. The molecule has 0 bridgehead atoms. The van der Waals surface area contributed by atoms with Gasteiger partial charge in [-0.05, 0) is 47.2 Å². The van der Waals surface area contributed by atoms with Gasteiger partial charge < -0.3 is 15.5 Å². The topological polar surface area (TPSA) is 101 Å². The van der Waals surface area contributed by atoms with Crippen molar-refractivity contribution in [1.29, 1.82) is 5.26 Å². The van der Waals surface area contributed by atoms with Crippen LogP contribution in [0.1, 0.15) is 11.3 Å². The zero-order valence-corrected chi connectivity index (χ0v) is 17.3. The third-order valence-corrected chi connectivity index (χ3v) is 5.54. The van der Waals surface area contributed by atoms with Gasteiger partial charge in [0.25, 0.3) is 0 Å². The number of hydrogen-bond acceptors (Lipinski definition) is 5. The Morgan fingerprint density at radius 2 is 1.97 bits per heavy atom. The van der Waals surface area contributed by atoms with Gasteiger partial charge in [-0.15, -0.1) is 0 Å². The summed E-state index contributed by atoms with van der Waals surface area (Å²) in [7, 11) is 0. The summed E-state index contributed by atoms with van der Waals surface area (Å²) in [4.78, 5) is 11.7. The van der Waals surface area contributed by atoms with E-state index in [1.54, 1.807) is 12.4 Å². The van der Waals surface area contributed by atoms with Gasteiger partial charge in [0, 0.05) is 46.5 Å². The molecule has 0 aliphatic rings. The van der Waals surface area contributed by atoms with Crippen LogP contribution in [0.15, 0.2) is 79.4 Å². The zero-order chi connectivity index (χ0) is 21.9. The third kappa shape index (κ3) is 3.89. The molecule has 1 atom stereocenters. The van der Waals surface area contributed by atoms with Crippen molar-refractivity contribution >= 4 is 21.7 Å². The van der Waals surface area contributed by atoms with Crippen molar-refractivity contribution in [3.8, 4) is 22.9 Å². The van der Waals surface area contributed by atoms with Gasteiger partial charge in [-0.1, -0.05) is 30.3 Å². The fraction of sp³-hybridized carbons (Fsp3) is 0.115. The van der Waals surface area contributed by atoms with Gasteiger partial charge in [-0.3, -0.25) is 4.98 Å². The fourth-order valence-corrected chi connectivity index (χ4v) is 3.93. The van der Waals surface area contributed by atoms with Gasteiger partial charge in [0.2, 0.25) is 0 Å². The average molecular weight is 419 g/mol. The number of pyridine rings is 2. The van der Waals surface area contributed by atoms with Crippen LogP contribution in [-0.4, -0.2) is 27.6 Å². The first-order chi connectivity index (χ1) is 15.7. The van der Waals surface area contributed by atoms with Crippen LogP contribution in [0.3, 0.4) is 0 Å². The first kappa shape index (κ1) is 19.7. The largest absolute Gasteiger partial charge is 0.490 e. The highest BCUT2D eigenvalue weighted by Gasteiger charge is 2.12. The summed E-state index contributed by atoms with van der Waals surface area (Å²) >= 11 is 0. The van der Waals surface area contributed by atoms with Crippen LogP contribution in [-0.2, 0) is 6.42 Å². The van der Waals surface area contributed by atoms with E-state index in [1.165, 1.54) is 10.9 Å². The van der Waals surface area contributed by atoms with E-state index < -0.39 is 0 Å². The first-order valence-electron chi connectivity index (χ1n) is 10.4. The second-order valence-corrected chi connectivity index (χ2v) is 7.75. The molecule has 2 aromatic carbocycles. The van der Waals surface area contributed by atoms with E-state index in [1.807, 2.05) is 60.9 Å². The lowest BCUT2D eigenvalue weighted by molar-refractivity contribution is 0.287. The van der Waals surface area contributed by atoms with Crippen molar-refractivity contribution in [2.75, 3.05) is 6.61 Å². The number of H-pyrrole nitrogens is 1. The lowest BCUT2D eigenvalue weighted by Gasteiger charge is -2.14. The molecule has 5 aromatic rings. The lowest BCUT2D eigenvalue weighted by atomic mass is 10.0. The maximum absolute atomic E-state index is 9.55. The second-order valence-electron chi connectivity index (χ2n) is 7.75. The van der Waals surface area contributed by atoms with Crippen LogP contribution in [0, 0.1) is 11.3 Å². The summed E-state index contributed by atoms with van der Waals surface area (Å²) in [6.07, 6.45) is 7.84. The smallest absolute Gasteiger partial charge is 0.148 e. The molecule has 0 aliphatic carbocycles. The van der Waals surface area contributed by atoms with E-state index in [9.17, 15) is 5.26 Å². The summed E-state index contributed by atoms with van der Waals surface area (Å²) in [5.41, 5.74) is 10.6. The number of ether oxygens (including phenoxy) is 1. The number of nitrogens with zero attached hydrogens (tertiary/aromatic N) is 3. The molecule has 32 heavy (non-hydrogen) atoms. The Kier molecular flexibility index (Phi) is 5.24. The average Bonchev–Trinajstić information content (AvgIpc) is 3.25. The molecule has 3 N–H and O–H groups in total. The van der Waals surface area contributed by atoms with Crippen LogP contribution in [0.2, 0.25) is 0 Å². The normalized spacial score (nSPS) is 12.0. The van der Waals surface area contributed by atoms with Crippen LogP contribution in [0.25, 0.3) is 32.8 Å². The molecular formula is C26H21N5O. The molecule has 0 fully saturated rings. The van der Waals surface area contributed by atoms with Crippen molar-refractivity contribution in [1.82, 2.24) is 15.0 Å². The summed E-state index contributed by atoms with van der Waals surface area (Å²) in [6.45, 7) is 0.343. The van der Waals surface area contributed by atoms with Gasteiger partial charge in [0.15, 0.2) is 0 Å². The number of rotatable bonds is 6. The van der Waals surface area contributed by atoms with E-state index in [0.717, 1.165) is 27.4 Å². The van der Waals surface area contributed by atoms with Gasteiger partial charge in [-0.25, -0.2) is 4.98 Å². The van der Waals surface area contributed by atoms with E-state index in [0.29, 0.717) is 24.5 Å². The molecule has 0 saturated heterocycles. The molecule has 0 aliphatic heterocycles. The van der Waals surface area contributed by atoms with Crippen LogP contribution in [0.5, 0.6) is 5.75 Å². The summed E-state index contributed by atoms with van der Waals surface area (Å²) in [5, 5.41) is 12.8. The highest BCUT2D eigenvalue weighted by Crippen LogP contribution is 2.29. The second kappa shape index (κ2) is 8.50. The monoisotopic (exact) mass is 419 g/mol. The number of para-hydroxylation sites is 1. The minimum atomic E-state index is -0.179. The standard InChI is InChI=1S/C26H21N5O/c27-12-26-24(18-5-6-19-13-29-8-7-17(19)9-18)11-22(15-31-26)32-16-21(28)10-20-14-30-25-4-2-1-3-23(20)25/h1-9,11,13-15,21,30H,10,16,28H2/t21-/m1/s1. The predicted molar refractivity (Wildman–Crippen MR) is 125 cm³/mol. The third-order valence-electron chi connectivity index (χ3n) is 5.54. The van der Waals surface area contributed by atoms with Crippen molar-refractivity contribution in [3.63, 3.8) is 0 Å². The number of nitrogens with two attached hydrogens (primary N) is 1. The number of benzene rings is 2. The summed E-state index contributed by atoms with van der Waals surface area (Å²) < 4.78 is 5.96. The molecule has 6 nitrogen and oxygen atoms in total. The highest BCUT2D eigenvalue weighted by molar-refractivity contribution is 5.87. The molecule has 0 spiro atoms. The number of nitriles is 1. The van der Waals surface area contributed by atoms with Crippen LogP contribution >= 0.6 is 0 Å². The fourth-order valence-electron chi connectivity index (χ4n) is 3.93. The Bertz CT molecular complexity index is 1450. The maximum Gasteiger partial charge on any atom is 0.148 e. The van der Waals surface area contributed by atoms with Gasteiger partial charge in [0.1, 0.15) is 24.1 Å². The minimum absolute atomic E-state index is 0.179. The molecular weight excluding hydrogens is 398 g/mol. The molecule has 5 rings (SSSR count). The minimum Gasteiger partial charge on any atom is -0.490 e. The SMILES string of the molecule is N#Cc1ncc(OC[C@H](N)Cc2c[nH]c3ccccc23)cc1-c1ccc2cnccc2c1. The Labute approximate surface area is 185 Å². The zero-order valence-electron chi connectivity index (χ0n) is 17.3. The Balaban J connectivity index is 1.34. The predicted octanol–water partition coefficient (Wildman–Crippen LogP) is 4.60. The number of hydrogen-bond donors (Lipinski definition) is 2. The number of fused-ring (bicyclic) bond motifs is 2. The van der Waals surface area contributed by atoms with E-state index in [-0.39, 0.29) is 6.04 Å². The number of aromatic amines is 1. The van der Waals surface area contributed by atoms with Crippen molar-refractivity contribution < 1.29 is 4.74 Å². The van der Waals surface area contributed by atoms with Crippen molar-refractivity contribution in [3.05, 3.63) is 90.6 Å². The molecule has 3 heterocycles. The molecule has 0 unspecified atom stereocenters. The first-order valence-corrected chi connectivity index (χ1v) is 10.4. The van der Waals surface area contributed by atoms with Crippen molar-refractivity contribution in [2.45, 2.75) is 12.5 Å². The van der Waals surface area contributed by atoms with Crippen molar-refractivity contribution in [2.24, 2.45) is 5.73 Å². The van der Waals surface area contributed by atoms with Gasteiger partial charge in [-0.2, -0.15) is 5.26 Å². The molecule has 0 saturated carbocycles. The van der Waals surface area contributed by atoms with Crippen LogP contribution in [0.4, 0.5) is 0 Å². The molecule has 0 amide bonds. The van der Waals surface area contributed by atoms with Crippen LogP contribution < -0.4 is 10.5 Å². The molecule has 6 heteroatoms. The number of aromatic nitrogens is 3. The molecule has 156 valence electrons. The lowest BCUT2D eigenvalue weighted by Crippen LogP contribution is -2.30. The summed E-state index contributed by atoms with van der Waals surface area (Å²) in [5.74, 6) is 0.586. The highest BCUT2D eigenvalue weighted by atomic mass is 16.5. The Hall–Kier alpha value is -4.21.